The second kappa shape index (κ2) is 8.56. The zero-order valence-corrected chi connectivity index (χ0v) is 13.3. The maximum atomic E-state index is 12.0. The van der Waals surface area contributed by atoms with Gasteiger partial charge in [0, 0.05) is 12.8 Å². The van der Waals surface area contributed by atoms with Crippen molar-refractivity contribution < 1.29 is 19.8 Å². The van der Waals surface area contributed by atoms with Crippen LogP contribution in [0.3, 0.4) is 0 Å². The maximum absolute atomic E-state index is 12.0. The van der Waals surface area contributed by atoms with E-state index in [2.05, 4.69) is 5.32 Å². The third-order valence-electron chi connectivity index (χ3n) is 4.51. The molecule has 126 valence electrons. The summed E-state index contributed by atoms with van der Waals surface area (Å²) in [6, 6.07) is 5.43. The van der Waals surface area contributed by atoms with Crippen molar-refractivity contribution in [2.75, 3.05) is 0 Å². The van der Waals surface area contributed by atoms with Gasteiger partial charge in [-0.3, -0.25) is 4.79 Å². The number of amides is 1. The Hall–Kier alpha value is -2.04. The van der Waals surface area contributed by atoms with E-state index in [1.807, 2.05) is 0 Å². The van der Waals surface area contributed by atoms with Crippen molar-refractivity contribution in [3.8, 4) is 5.75 Å². The van der Waals surface area contributed by atoms with Crippen molar-refractivity contribution in [3.63, 3.8) is 0 Å². The number of nitrogens with one attached hydrogen (secondary N) is 1. The molecule has 0 saturated heterocycles. The quantitative estimate of drug-likeness (QED) is 0.721. The van der Waals surface area contributed by atoms with Gasteiger partial charge in [-0.15, -0.1) is 0 Å². The summed E-state index contributed by atoms with van der Waals surface area (Å²) >= 11 is 0. The lowest BCUT2D eigenvalue weighted by molar-refractivity contribution is -0.141. The molecule has 1 aliphatic rings. The van der Waals surface area contributed by atoms with Gasteiger partial charge < -0.3 is 15.5 Å². The number of carbonyl (C=O) groups excluding carboxylic acids is 1. The average Bonchev–Trinajstić information content (AvgIpc) is 2.55. The Bertz CT molecular complexity index is 520. The molecule has 1 aliphatic carbocycles. The predicted molar refractivity (Wildman–Crippen MR) is 87.2 cm³/mol. The Balaban J connectivity index is 1.81. The largest absolute Gasteiger partial charge is 0.508 e. The number of carboxylic acid groups (broad SMARTS) is 1. The average molecular weight is 319 g/mol. The second-order valence-electron chi connectivity index (χ2n) is 6.37. The van der Waals surface area contributed by atoms with Gasteiger partial charge in [0.15, 0.2) is 0 Å². The lowest BCUT2D eigenvalue weighted by atomic mass is 9.86. The Labute approximate surface area is 136 Å². The fraction of sp³-hybridized carbons (Fsp3) is 0.556. The van der Waals surface area contributed by atoms with E-state index in [0.29, 0.717) is 12.3 Å². The van der Waals surface area contributed by atoms with Crippen LogP contribution in [0.15, 0.2) is 24.3 Å². The summed E-state index contributed by atoms with van der Waals surface area (Å²) in [5.41, 5.74) is 0.766. The lowest BCUT2D eigenvalue weighted by Crippen LogP contribution is -2.42. The monoisotopic (exact) mass is 319 g/mol. The maximum Gasteiger partial charge on any atom is 0.326 e. The fourth-order valence-electron chi connectivity index (χ4n) is 3.15. The van der Waals surface area contributed by atoms with Gasteiger partial charge in [0.25, 0.3) is 0 Å². The molecule has 2 rings (SSSR count). The van der Waals surface area contributed by atoms with Gasteiger partial charge in [0.2, 0.25) is 5.91 Å². The number of phenols is 1. The zero-order valence-electron chi connectivity index (χ0n) is 13.3. The number of benzene rings is 1. The number of phenolic OH excluding ortho intramolecular Hbond substituents is 1. The highest BCUT2D eigenvalue weighted by Gasteiger charge is 2.21. The molecule has 0 heterocycles. The normalized spacial score (nSPS) is 16.7. The Morgan fingerprint density at radius 2 is 1.78 bits per heavy atom. The van der Waals surface area contributed by atoms with Crippen molar-refractivity contribution in [2.24, 2.45) is 5.92 Å². The summed E-state index contributed by atoms with van der Waals surface area (Å²) in [4.78, 5) is 23.4. The molecule has 1 aromatic rings. The van der Waals surface area contributed by atoms with Crippen LogP contribution in [0.5, 0.6) is 5.75 Å². The van der Waals surface area contributed by atoms with Crippen LogP contribution in [-0.4, -0.2) is 28.1 Å². The van der Waals surface area contributed by atoms with Crippen molar-refractivity contribution in [3.05, 3.63) is 29.8 Å². The highest BCUT2D eigenvalue weighted by atomic mass is 16.4. The van der Waals surface area contributed by atoms with Crippen LogP contribution in [0.2, 0.25) is 0 Å². The highest BCUT2D eigenvalue weighted by molar-refractivity contribution is 5.83. The summed E-state index contributed by atoms with van der Waals surface area (Å²) in [6.45, 7) is 0. The topological polar surface area (TPSA) is 86.6 Å². The lowest BCUT2D eigenvalue weighted by Gasteiger charge is -2.21. The first-order chi connectivity index (χ1) is 11.0. The highest BCUT2D eigenvalue weighted by Crippen LogP contribution is 2.27. The molecule has 5 nitrogen and oxygen atoms in total. The number of hydrogen-bond donors (Lipinski definition) is 3. The minimum absolute atomic E-state index is 0.136. The molecule has 1 saturated carbocycles. The van der Waals surface area contributed by atoms with E-state index in [0.717, 1.165) is 12.0 Å². The van der Waals surface area contributed by atoms with Gasteiger partial charge in [-0.05, 0) is 30.0 Å². The molecule has 23 heavy (non-hydrogen) atoms. The summed E-state index contributed by atoms with van der Waals surface area (Å²) in [5, 5.41) is 21.2. The van der Waals surface area contributed by atoms with E-state index in [1.54, 1.807) is 12.1 Å². The Kier molecular flexibility index (Phi) is 6.44. The first-order valence-electron chi connectivity index (χ1n) is 8.34. The number of hydrogen-bond acceptors (Lipinski definition) is 3. The van der Waals surface area contributed by atoms with Crippen molar-refractivity contribution in [1.82, 2.24) is 5.32 Å². The van der Waals surface area contributed by atoms with E-state index in [9.17, 15) is 19.8 Å². The Morgan fingerprint density at radius 3 is 2.39 bits per heavy atom. The van der Waals surface area contributed by atoms with E-state index in [1.165, 1.54) is 44.2 Å². The zero-order chi connectivity index (χ0) is 16.7. The van der Waals surface area contributed by atoms with Crippen LogP contribution in [-0.2, 0) is 16.0 Å². The van der Waals surface area contributed by atoms with Crippen LogP contribution < -0.4 is 5.32 Å². The van der Waals surface area contributed by atoms with E-state index in [4.69, 9.17) is 0 Å². The molecular formula is C18H25NO4. The predicted octanol–water partition coefficient (Wildman–Crippen LogP) is 2.86. The number of carbonyl (C=O) groups is 2. The first-order valence-corrected chi connectivity index (χ1v) is 8.34. The summed E-state index contributed by atoms with van der Waals surface area (Å²) < 4.78 is 0. The number of rotatable bonds is 7. The minimum Gasteiger partial charge on any atom is -0.508 e. The SMILES string of the molecule is O=C(CCC1CCCCC1)N[C@@H](Cc1ccc(O)cc1)C(=O)O. The van der Waals surface area contributed by atoms with Crippen LogP contribution in [0.1, 0.15) is 50.5 Å². The van der Waals surface area contributed by atoms with Crippen molar-refractivity contribution >= 4 is 11.9 Å². The first kappa shape index (κ1) is 17.3. The van der Waals surface area contributed by atoms with E-state index < -0.39 is 12.0 Å². The van der Waals surface area contributed by atoms with Crippen LogP contribution in [0, 0.1) is 5.92 Å². The molecule has 0 unspecified atom stereocenters. The Morgan fingerprint density at radius 1 is 1.13 bits per heavy atom. The smallest absolute Gasteiger partial charge is 0.326 e. The van der Waals surface area contributed by atoms with Gasteiger partial charge >= 0.3 is 5.97 Å². The molecule has 0 aromatic heterocycles. The molecule has 3 N–H and O–H groups in total. The summed E-state index contributed by atoms with van der Waals surface area (Å²) in [7, 11) is 0. The third kappa shape index (κ3) is 5.93. The van der Waals surface area contributed by atoms with E-state index in [-0.39, 0.29) is 18.1 Å². The number of aromatic hydroxyl groups is 1. The fourth-order valence-corrected chi connectivity index (χ4v) is 3.15. The molecular weight excluding hydrogens is 294 g/mol. The molecule has 0 spiro atoms. The third-order valence-corrected chi connectivity index (χ3v) is 4.51. The molecule has 0 radical (unpaired) electrons. The standard InChI is InChI=1S/C18H25NO4/c20-15-9-6-14(7-10-15)12-16(18(22)23)19-17(21)11-8-13-4-2-1-3-5-13/h6-7,9-10,13,16,20H,1-5,8,11-12H2,(H,19,21)(H,22,23)/t16-/m0/s1. The van der Waals surface area contributed by atoms with Crippen LogP contribution >= 0.6 is 0 Å². The molecule has 1 atom stereocenters. The molecule has 1 aromatic carbocycles. The summed E-state index contributed by atoms with van der Waals surface area (Å²) in [6.07, 6.45) is 7.59. The van der Waals surface area contributed by atoms with Crippen molar-refractivity contribution in [1.29, 1.82) is 0 Å². The van der Waals surface area contributed by atoms with Gasteiger partial charge in [0.05, 0.1) is 0 Å². The molecule has 1 fully saturated rings. The van der Waals surface area contributed by atoms with Gasteiger partial charge in [-0.1, -0.05) is 44.2 Å². The van der Waals surface area contributed by atoms with Crippen molar-refractivity contribution in [2.45, 2.75) is 57.4 Å². The molecule has 1 amide bonds. The van der Waals surface area contributed by atoms with Gasteiger partial charge in [-0.2, -0.15) is 0 Å². The van der Waals surface area contributed by atoms with Gasteiger partial charge in [-0.25, -0.2) is 4.79 Å². The number of aliphatic carboxylic acids is 1. The molecule has 0 aliphatic heterocycles. The van der Waals surface area contributed by atoms with Gasteiger partial charge in [0.1, 0.15) is 11.8 Å². The van der Waals surface area contributed by atoms with Crippen LogP contribution in [0.25, 0.3) is 0 Å². The van der Waals surface area contributed by atoms with E-state index >= 15 is 0 Å². The number of carboxylic acids is 1. The second-order valence-corrected chi connectivity index (χ2v) is 6.37. The summed E-state index contributed by atoms with van der Waals surface area (Å²) in [5.74, 6) is -0.488. The minimum atomic E-state index is -1.04. The van der Waals surface area contributed by atoms with Crippen LogP contribution in [0.4, 0.5) is 0 Å². The molecule has 5 heteroatoms. The molecule has 0 bridgehead atoms.